The van der Waals surface area contributed by atoms with E-state index in [0.717, 1.165) is 30.7 Å². The number of hydrogen-bond donors (Lipinski definition) is 1. The van der Waals surface area contributed by atoms with Gasteiger partial charge in [0, 0.05) is 28.8 Å². The van der Waals surface area contributed by atoms with E-state index >= 15 is 0 Å². The third-order valence-electron chi connectivity index (χ3n) is 4.71. The first-order chi connectivity index (χ1) is 11.8. The molecule has 1 aromatic heterocycles. The van der Waals surface area contributed by atoms with Crippen molar-refractivity contribution < 1.29 is 0 Å². The highest BCUT2D eigenvalue weighted by Gasteiger charge is 2.25. The Labute approximate surface area is 155 Å². The minimum atomic E-state index is 0.318. The van der Waals surface area contributed by atoms with E-state index in [9.17, 15) is 0 Å². The second kappa shape index (κ2) is 7.36. The standard InChI is InChI=1S/C20H21BrN2S/c21-16-6-3-5-15(13-16)20(23-11-4-9-22-10-12-23)18-14-24-19-8-2-1-7-17(18)19/h1-3,5-8,13-14,20,22H,4,9-12H2. The third kappa shape index (κ3) is 3.29. The molecule has 24 heavy (non-hydrogen) atoms. The van der Waals surface area contributed by atoms with Gasteiger partial charge in [-0.3, -0.25) is 4.90 Å². The highest BCUT2D eigenvalue weighted by Crippen LogP contribution is 2.37. The lowest BCUT2D eigenvalue weighted by atomic mass is 9.96. The Bertz CT molecular complexity index is 821. The van der Waals surface area contributed by atoms with Gasteiger partial charge >= 0.3 is 0 Å². The normalized spacial score (nSPS) is 17.7. The summed E-state index contributed by atoms with van der Waals surface area (Å²) >= 11 is 5.51. The highest BCUT2D eigenvalue weighted by atomic mass is 79.9. The van der Waals surface area contributed by atoms with Crippen molar-refractivity contribution in [2.75, 3.05) is 26.2 Å². The first-order valence-electron chi connectivity index (χ1n) is 8.49. The van der Waals surface area contributed by atoms with E-state index in [1.54, 1.807) is 0 Å². The average Bonchev–Trinajstić information content (AvgIpc) is 2.83. The number of thiophene rings is 1. The molecular formula is C20H21BrN2S. The molecular weight excluding hydrogens is 380 g/mol. The molecule has 1 unspecified atom stereocenters. The summed E-state index contributed by atoms with van der Waals surface area (Å²) in [6.45, 7) is 4.40. The predicted molar refractivity (Wildman–Crippen MR) is 107 cm³/mol. The minimum Gasteiger partial charge on any atom is -0.315 e. The van der Waals surface area contributed by atoms with E-state index in [-0.39, 0.29) is 0 Å². The molecule has 2 nitrogen and oxygen atoms in total. The molecule has 0 saturated carbocycles. The van der Waals surface area contributed by atoms with Gasteiger partial charge in [0.25, 0.3) is 0 Å². The van der Waals surface area contributed by atoms with Gasteiger partial charge in [-0.15, -0.1) is 11.3 Å². The first-order valence-corrected chi connectivity index (χ1v) is 10.2. The van der Waals surface area contributed by atoms with Gasteiger partial charge in [0.15, 0.2) is 0 Å². The molecule has 1 atom stereocenters. The molecule has 1 fully saturated rings. The zero-order valence-corrected chi connectivity index (χ0v) is 15.9. The van der Waals surface area contributed by atoms with Crippen LogP contribution in [0, 0.1) is 0 Å². The average molecular weight is 401 g/mol. The second-order valence-corrected chi connectivity index (χ2v) is 8.11. The molecule has 2 aromatic carbocycles. The Morgan fingerprint density at radius 3 is 2.88 bits per heavy atom. The van der Waals surface area contributed by atoms with Gasteiger partial charge in [-0.1, -0.05) is 46.3 Å². The lowest BCUT2D eigenvalue weighted by molar-refractivity contribution is 0.242. The van der Waals surface area contributed by atoms with Crippen LogP contribution < -0.4 is 5.32 Å². The fourth-order valence-corrected chi connectivity index (χ4v) is 5.00. The summed E-state index contributed by atoms with van der Waals surface area (Å²) in [5.74, 6) is 0. The van der Waals surface area contributed by atoms with Crippen LogP contribution >= 0.6 is 27.3 Å². The van der Waals surface area contributed by atoms with Crippen LogP contribution in [-0.4, -0.2) is 31.1 Å². The van der Waals surface area contributed by atoms with E-state index in [2.05, 4.69) is 80.1 Å². The van der Waals surface area contributed by atoms with Crippen LogP contribution in [0.25, 0.3) is 10.1 Å². The lowest BCUT2D eigenvalue weighted by Gasteiger charge is -2.31. The van der Waals surface area contributed by atoms with Gasteiger partial charge in [0.05, 0.1) is 6.04 Å². The summed E-state index contributed by atoms with van der Waals surface area (Å²) in [7, 11) is 0. The lowest BCUT2D eigenvalue weighted by Crippen LogP contribution is -2.32. The zero-order valence-electron chi connectivity index (χ0n) is 13.5. The quantitative estimate of drug-likeness (QED) is 0.661. The molecule has 0 radical (unpaired) electrons. The smallest absolute Gasteiger partial charge is 0.0617 e. The minimum absolute atomic E-state index is 0.318. The molecule has 1 aliphatic rings. The van der Waals surface area contributed by atoms with Crippen molar-refractivity contribution in [2.24, 2.45) is 0 Å². The third-order valence-corrected chi connectivity index (χ3v) is 6.18. The van der Waals surface area contributed by atoms with Crippen molar-refractivity contribution in [3.05, 3.63) is 69.5 Å². The number of nitrogens with one attached hydrogen (secondary N) is 1. The summed E-state index contributed by atoms with van der Waals surface area (Å²) < 4.78 is 2.53. The number of nitrogens with zero attached hydrogens (tertiary/aromatic N) is 1. The highest BCUT2D eigenvalue weighted by molar-refractivity contribution is 9.10. The van der Waals surface area contributed by atoms with E-state index in [0.29, 0.717) is 6.04 Å². The SMILES string of the molecule is Brc1cccc(C(c2csc3ccccc23)N2CCCNCC2)c1. The molecule has 1 aliphatic heterocycles. The molecule has 3 aromatic rings. The van der Waals surface area contributed by atoms with Crippen molar-refractivity contribution in [1.82, 2.24) is 10.2 Å². The molecule has 0 spiro atoms. The van der Waals surface area contributed by atoms with Crippen molar-refractivity contribution in [3.8, 4) is 0 Å². The van der Waals surface area contributed by atoms with E-state index in [1.165, 1.54) is 27.6 Å². The summed E-state index contributed by atoms with van der Waals surface area (Å²) in [5.41, 5.74) is 2.81. The molecule has 4 heteroatoms. The summed E-state index contributed by atoms with van der Waals surface area (Å²) in [6.07, 6.45) is 1.20. The molecule has 2 heterocycles. The molecule has 1 saturated heterocycles. The number of benzene rings is 2. The Hall–Kier alpha value is -1.20. The van der Waals surface area contributed by atoms with Crippen molar-refractivity contribution in [1.29, 1.82) is 0 Å². The van der Waals surface area contributed by atoms with E-state index in [4.69, 9.17) is 0 Å². The van der Waals surface area contributed by atoms with Crippen LogP contribution in [-0.2, 0) is 0 Å². The Balaban J connectivity index is 1.83. The number of rotatable bonds is 3. The molecule has 0 amide bonds. The maximum Gasteiger partial charge on any atom is 0.0617 e. The molecule has 1 N–H and O–H groups in total. The van der Waals surface area contributed by atoms with Gasteiger partial charge in [-0.2, -0.15) is 0 Å². The molecule has 4 rings (SSSR count). The van der Waals surface area contributed by atoms with Gasteiger partial charge in [0.2, 0.25) is 0 Å². The van der Waals surface area contributed by atoms with Crippen LogP contribution in [0.5, 0.6) is 0 Å². The van der Waals surface area contributed by atoms with Crippen LogP contribution in [0.15, 0.2) is 58.4 Å². The molecule has 124 valence electrons. The second-order valence-electron chi connectivity index (χ2n) is 6.28. The van der Waals surface area contributed by atoms with Crippen LogP contribution in [0.3, 0.4) is 0 Å². The number of fused-ring (bicyclic) bond motifs is 1. The Morgan fingerprint density at radius 1 is 1.04 bits per heavy atom. The Kier molecular flexibility index (Phi) is 4.99. The van der Waals surface area contributed by atoms with E-state index in [1.807, 2.05) is 11.3 Å². The van der Waals surface area contributed by atoms with Crippen LogP contribution in [0.4, 0.5) is 0 Å². The summed E-state index contributed by atoms with van der Waals surface area (Å²) in [5, 5.41) is 7.28. The summed E-state index contributed by atoms with van der Waals surface area (Å²) in [4.78, 5) is 2.64. The maximum absolute atomic E-state index is 3.65. The predicted octanol–water partition coefficient (Wildman–Crippen LogP) is 5.05. The van der Waals surface area contributed by atoms with Gasteiger partial charge in [-0.25, -0.2) is 0 Å². The zero-order chi connectivity index (χ0) is 16.4. The van der Waals surface area contributed by atoms with E-state index < -0.39 is 0 Å². The fourth-order valence-electron chi connectivity index (χ4n) is 3.60. The van der Waals surface area contributed by atoms with Crippen molar-refractivity contribution in [3.63, 3.8) is 0 Å². The maximum atomic E-state index is 3.65. The molecule has 0 bridgehead atoms. The largest absolute Gasteiger partial charge is 0.315 e. The first kappa shape index (κ1) is 16.3. The van der Waals surface area contributed by atoms with Gasteiger partial charge < -0.3 is 5.32 Å². The topological polar surface area (TPSA) is 15.3 Å². The van der Waals surface area contributed by atoms with Gasteiger partial charge in [-0.05, 0) is 53.1 Å². The van der Waals surface area contributed by atoms with Crippen LogP contribution in [0.1, 0.15) is 23.6 Å². The number of halogens is 1. The van der Waals surface area contributed by atoms with Crippen molar-refractivity contribution >= 4 is 37.4 Å². The van der Waals surface area contributed by atoms with Gasteiger partial charge in [0.1, 0.15) is 0 Å². The number of hydrogen-bond acceptors (Lipinski definition) is 3. The monoisotopic (exact) mass is 400 g/mol. The van der Waals surface area contributed by atoms with Crippen molar-refractivity contribution in [2.45, 2.75) is 12.5 Å². The summed E-state index contributed by atoms with van der Waals surface area (Å²) in [6, 6.07) is 17.9. The Morgan fingerprint density at radius 2 is 1.96 bits per heavy atom. The molecule has 0 aliphatic carbocycles. The van der Waals surface area contributed by atoms with Crippen LogP contribution in [0.2, 0.25) is 0 Å². The fraction of sp³-hybridized carbons (Fsp3) is 0.300.